The average Bonchev–Trinajstić information content (AvgIpc) is 3.03. The normalized spacial score (nSPS) is 17.6. The van der Waals surface area contributed by atoms with Crippen LogP contribution in [0.15, 0.2) is 24.3 Å². The first-order chi connectivity index (χ1) is 11.3. The van der Waals surface area contributed by atoms with Crippen molar-refractivity contribution >= 4 is 17.5 Å². The third-order valence-electron chi connectivity index (χ3n) is 3.72. The number of benzene rings is 1. The highest BCUT2D eigenvalue weighted by atomic mass is 19.4. The van der Waals surface area contributed by atoms with E-state index in [4.69, 9.17) is 4.74 Å². The zero-order chi connectivity index (χ0) is 17.7. The first kappa shape index (κ1) is 18.3. The maximum atomic E-state index is 12.8. The monoisotopic (exact) mass is 344 g/mol. The van der Waals surface area contributed by atoms with Gasteiger partial charge in [0.2, 0.25) is 11.8 Å². The van der Waals surface area contributed by atoms with Crippen LogP contribution < -0.4 is 10.2 Å². The SMILES string of the molecule is CC(=O)N(CC(=O)NCC1CCCO1)c1cccc(C(F)(F)F)c1. The maximum Gasteiger partial charge on any atom is 0.416 e. The van der Waals surface area contributed by atoms with Crippen molar-refractivity contribution in [2.24, 2.45) is 0 Å². The summed E-state index contributed by atoms with van der Waals surface area (Å²) < 4.78 is 43.7. The predicted octanol–water partition coefficient (Wildman–Crippen LogP) is 2.35. The van der Waals surface area contributed by atoms with E-state index in [0.29, 0.717) is 13.2 Å². The van der Waals surface area contributed by atoms with Gasteiger partial charge in [0, 0.05) is 25.8 Å². The van der Waals surface area contributed by atoms with E-state index in [9.17, 15) is 22.8 Å². The summed E-state index contributed by atoms with van der Waals surface area (Å²) in [6, 6.07) is 4.34. The van der Waals surface area contributed by atoms with Gasteiger partial charge in [-0.15, -0.1) is 0 Å². The molecule has 1 aromatic rings. The lowest BCUT2D eigenvalue weighted by atomic mass is 10.1. The molecule has 0 bridgehead atoms. The molecule has 1 aliphatic rings. The molecule has 2 amide bonds. The summed E-state index contributed by atoms with van der Waals surface area (Å²) in [6.45, 7) is 1.84. The van der Waals surface area contributed by atoms with Crippen molar-refractivity contribution in [2.75, 3.05) is 24.6 Å². The van der Waals surface area contributed by atoms with Gasteiger partial charge in [-0.1, -0.05) is 6.07 Å². The Balaban J connectivity index is 2.03. The summed E-state index contributed by atoms with van der Waals surface area (Å²) in [5.74, 6) is -0.959. The van der Waals surface area contributed by atoms with E-state index in [2.05, 4.69) is 5.32 Å². The number of rotatable bonds is 5. The average molecular weight is 344 g/mol. The van der Waals surface area contributed by atoms with E-state index in [1.54, 1.807) is 0 Å². The Labute approximate surface area is 137 Å². The smallest absolute Gasteiger partial charge is 0.376 e. The molecule has 8 heteroatoms. The Morgan fingerprint density at radius 2 is 2.12 bits per heavy atom. The summed E-state index contributed by atoms with van der Waals surface area (Å²) >= 11 is 0. The van der Waals surface area contributed by atoms with Crippen LogP contribution in [0.4, 0.5) is 18.9 Å². The van der Waals surface area contributed by atoms with E-state index in [1.165, 1.54) is 19.1 Å². The number of anilines is 1. The molecule has 0 saturated carbocycles. The molecule has 0 spiro atoms. The van der Waals surface area contributed by atoms with Crippen LogP contribution in [0.25, 0.3) is 0 Å². The minimum Gasteiger partial charge on any atom is -0.376 e. The standard InChI is InChI=1S/C16H19F3N2O3/c1-11(22)21(10-15(23)20-9-14-6-3-7-24-14)13-5-2-4-12(8-13)16(17,18)19/h2,4-5,8,14H,3,6-7,9-10H2,1H3,(H,20,23). The first-order valence-electron chi connectivity index (χ1n) is 7.61. The molecule has 132 valence electrons. The van der Waals surface area contributed by atoms with Gasteiger partial charge in [0.25, 0.3) is 0 Å². The Kier molecular flexibility index (Phi) is 5.82. The number of alkyl halides is 3. The van der Waals surface area contributed by atoms with Crippen LogP contribution in [0.3, 0.4) is 0 Å². The molecular formula is C16H19F3N2O3. The van der Waals surface area contributed by atoms with Gasteiger partial charge < -0.3 is 15.0 Å². The molecule has 0 aliphatic carbocycles. The predicted molar refractivity (Wildman–Crippen MR) is 81.5 cm³/mol. The van der Waals surface area contributed by atoms with Crippen molar-refractivity contribution in [2.45, 2.75) is 32.0 Å². The Hall–Kier alpha value is -2.09. The van der Waals surface area contributed by atoms with Crippen molar-refractivity contribution in [3.05, 3.63) is 29.8 Å². The zero-order valence-corrected chi connectivity index (χ0v) is 13.2. The lowest BCUT2D eigenvalue weighted by Crippen LogP contribution is -2.42. The van der Waals surface area contributed by atoms with Crippen LogP contribution >= 0.6 is 0 Å². The number of halogens is 3. The molecule has 1 fully saturated rings. The molecule has 5 nitrogen and oxygen atoms in total. The maximum absolute atomic E-state index is 12.8. The zero-order valence-electron chi connectivity index (χ0n) is 13.2. The number of amides is 2. The van der Waals surface area contributed by atoms with Crippen LogP contribution in [-0.4, -0.2) is 37.6 Å². The fourth-order valence-electron chi connectivity index (χ4n) is 2.47. The minimum absolute atomic E-state index is 0.0320. The van der Waals surface area contributed by atoms with Crippen LogP contribution in [0, 0.1) is 0 Å². The molecule has 1 atom stereocenters. The third kappa shape index (κ3) is 4.95. The van der Waals surface area contributed by atoms with E-state index >= 15 is 0 Å². The number of carbonyl (C=O) groups is 2. The summed E-state index contributed by atoms with van der Waals surface area (Å²) in [5, 5.41) is 2.64. The fourth-order valence-corrected chi connectivity index (χ4v) is 2.47. The van der Waals surface area contributed by atoms with Crippen molar-refractivity contribution in [3.63, 3.8) is 0 Å². The number of hydrogen-bond acceptors (Lipinski definition) is 3. The van der Waals surface area contributed by atoms with Crippen molar-refractivity contribution in [1.29, 1.82) is 0 Å². The highest BCUT2D eigenvalue weighted by molar-refractivity contribution is 5.97. The van der Waals surface area contributed by atoms with Crippen molar-refractivity contribution in [1.82, 2.24) is 5.32 Å². The molecule has 1 saturated heterocycles. The molecule has 24 heavy (non-hydrogen) atoms. The highest BCUT2D eigenvalue weighted by Gasteiger charge is 2.31. The largest absolute Gasteiger partial charge is 0.416 e. The molecule has 0 radical (unpaired) electrons. The number of hydrogen-bond donors (Lipinski definition) is 1. The first-order valence-corrected chi connectivity index (χ1v) is 7.61. The quantitative estimate of drug-likeness (QED) is 0.892. The number of nitrogens with zero attached hydrogens (tertiary/aromatic N) is 1. The van der Waals surface area contributed by atoms with Crippen molar-refractivity contribution in [3.8, 4) is 0 Å². The molecule has 1 aliphatic heterocycles. The van der Waals surface area contributed by atoms with Crippen LogP contribution in [0.1, 0.15) is 25.3 Å². The second-order valence-electron chi connectivity index (χ2n) is 5.59. The fraction of sp³-hybridized carbons (Fsp3) is 0.500. The number of ether oxygens (including phenoxy) is 1. The van der Waals surface area contributed by atoms with Crippen LogP contribution in [0.2, 0.25) is 0 Å². The van der Waals surface area contributed by atoms with Gasteiger partial charge in [-0.25, -0.2) is 0 Å². The van der Waals surface area contributed by atoms with Gasteiger partial charge in [-0.05, 0) is 31.0 Å². The van der Waals surface area contributed by atoms with Gasteiger partial charge in [-0.3, -0.25) is 9.59 Å². The number of nitrogens with one attached hydrogen (secondary N) is 1. The molecule has 0 aromatic heterocycles. The van der Waals surface area contributed by atoms with E-state index in [-0.39, 0.29) is 18.3 Å². The molecule has 2 rings (SSSR count). The summed E-state index contributed by atoms with van der Waals surface area (Å²) in [7, 11) is 0. The third-order valence-corrected chi connectivity index (χ3v) is 3.72. The second kappa shape index (κ2) is 7.65. The van der Waals surface area contributed by atoms with Gasteiger partial charge in [0.05, 0.1) is 11.7 Å². The molecular weight excluding hydrogens is 325 g/mol. The molecule has 1 heterocycles. The van der Waals surface area contributed by atoms with Crippen LogP contribution in [-0.2, 0) is 20.5 Å². The Morgan fingerprint density at radius 1 is 1.38 bits per heavy atom. The summed E-state index contributed by atoms with van der Waals surface area (Å²) in [6.07, 6.45) is -2.77. The summed E-state index contributed by atoms with van der Waals surface area (Å²) in [4.78, 5) is 24.7. The van der Waals surface area contributed by atoms with Crippen LogP contribution in [0.5, 0.6) is 0 Å². The Bertz CT molecular complexity index is 598. The number of carbonyl (C=O) groups excluding carboxylic acids is 2. The molecule has 1 aromatic carbocycles. The van der Waals surface area contributed by atoms with Gasteiger partial charge in [0.1, 0.15) is 6.54 Å². The molecule has 1 N–H and O–H groups in total. The lowest BCUT2D eigenvalue weighted by Gasteiger charge is -2.22. The van der Waals surface area contributed by atoms with E-state index < -0.39 is 23.6 Å². The Morgan fingerprint density at radius 3 is 2.71 bits per heavy atom. The van der Waals surface area contributed by atoms with E-state index in [0.717, 1.165) is 29.9 Å². The molecule has 1 unspecified atom stereocenters. The van der Waals surface area contributed by atoms with Gasteiger partial charge >= 0.3 is 6.18 Å². The summed E-state index contributed by atoms with van der Waals surface area (Å²) in [5.41, 5.74) is -0.837. The second-order valence-corrected chi connectivity index (χ2v) is 5.59. The lowest BCUT2D eigenvalue weighted by molar-refractivity contribution is -0.137. The van der Waals surface area contributed by atoms with Gasteiger partial charge in [0.15, 0.2) is 0 Å². The highest BCUT2D eigenvalue weighted by Crippen LogP contribution is 2.31. The van der Waals surface area contributed by atoms with Gasteiger partial charge in [-0.2, -0.15) is 13.2 Å². The van der Waals surface area contributed by atoms with Crippen molar-refractivity contribution < 1.29 is 27.5 Å². The van der Waals surface area contributed by atoms with E-state index in [1.807, 2.05) is 0 Å². The minimum atomic E-state index is -4.51. The topological polar surface area (TPSA) is 58.6 Å².